The Kier molecular flexibility index (Phi) is 3.05. The normalized spacial score (nSPS) is 18.1. The fourth-order valence-electron chi connectivity index (χ4n) is 1.98. The van der Waals surface area contributed by atoms with E-state index in [0.717, 1.165) is 24.5 Å². The summed E-state index contributed by atoms with van der Waals surface area (Å²) in [6.45, 7) is 4.20. The average molecular weight is 208 g/mol. The number of hydrogen-bond donors (Lipinski definition) is 1. The van der Waals surface area contributed by atoms with Crippen molar-refractivity contribution >= 4 is 0 Å². The third kappa shape index (κ3) is 2.20. The van der Waals surface area contributed by atoms with Crippen molar-refractivity contribution in [3.63, 3.8) is 0 Å². The lowest BCUT2D eigenvalue weighted by Crippen LogP contribution is -2.16. The van der Waals surface area contributed by atoms with Gasteiger partial charge < -0.3 is 10.3 Å². The van der Waals surface area contributed by atoms with E-state index < -0.39 is 0 Å². The Bertz CT molecular complexity index is 327. The Labute approximate surface area is 90.9 Å². The van der Waals surface area contributed by atoms with Gasteiger partial charge >= 0.3 is 0 Å². The van der Waals surface area contributed by atoms with Crippen LogP contribution in [0.1, 0.15) is 62.8 Å². The van der Waals surface area contributed by atoms with Crippen molar-refractivity contribution in [1.82, 2.24) is 14.8 Å². The number of aromatic nitrogens is 3. The van der Waals surface area contributed by atoms with Gasteiger partial charge in [-0.1, -0.05) is 19.8 Å². The van der Waals surface area contributed by atoms with Crippen LogP contribution in [0.3, 0.4) is 0 Å². The smallest absolute Gasteiger partial charge is 0.150 e. The van der Waals surface area contributed by atoms with E-state index in [4.69, 9.17) is 5.73 Å². The summed E-state index contributed by atoms with van der Waals surface area (Å²) >= 11 is 0. The second-order valence-corrected chi connectivity index (χ2v) is 4.46. The molecule has 0 unspecified atom stereocenters. The molecule has 1 heterocycles. The molecule has 1 aliphatic carbocycles. The predicted octanol–water partition coefficient (Wildman–Crippen LogP) is 2.11. The second-order valence-electron chi connectivity index (χ2n) is 4.46. The summed E-state index contributed by atoms with van der Waals surface area (Å²) in [5.74, 6) is 2.00. The van der Waals surface area contributed by atoms with Crippen LogP contribution in [0, 0.1) is 6.92 Å². The Morgan fingerprint density at radius 2 is 2.20 bits per heavy atom. The van der Waals surface area contributed by atoms with Gasteiger partial charge in [0, 0.05) is 6.04 Å². The molecule has 0 aliphatic heterocycles. The highest BCUT2D eigenvalue weighted by atomic mass is 15.3. The van der Waals surface area contributed by atoms with Crippen molar-refractivity contribution in [3.8, 4) is 0 Å². The number of aryl methyl sites for hydroxylation is 1. The van der Waals surface area contributed by atoms with Crippen LogP contribution in [0.25, 0.3) is 0 Å². The Hall–Kier alpha value is -0.900. The quantitative estimate of drug-likeness (QED) is 0.806. The van der Waals surface area contributed by atoms with Gasteiger partial charge in [0.2, 0.25) is 0 Å². The van der Waals surface area contributed by atoms with Gasteiger partial charge in [-0.3, -0.25) is 0 Å². The molecule has 15 heavy (non-hydrogen) atoms. The van der Waals surface area contributed by atoms with Crippen molar-refractivity contribution in [2.45, 2.75) is 58.0 Å². The molecule has 1 fully saturated rings. The summed E-state index contributed by atoms with van der Waals surface area (Å²) in [5, 5.41) is 8.36. The summed E-state index contributed by atoms with van der Waals surface area (Å²) in [7, 11) is 0. The van der Waals surface area contributed by atoms with E-state index in [1.54, 1.807) is 0 Å². The maximum Gasteiger partial charge on any atom is 0.150 e. The fourth-order valence-corrected chi connectivity index (χ4v) is 1.98. The lowest BCUT2D eigenvalue weighted by Gasteiger charge is -2.12. The van der Waals surface area contributed by atoms with Crippen molar-refractivity contribution < 1.29 is 0 Å². The summed E-state index contributed by atoms with van der Waals surface area (Å²) < 4.78 is 2.24. The number of unbranched alkanes of at least 4 members (excludes halogenated alkanes) is 1. The lowest BCUT2D eigenvalue weighted by atomic mass is 10.1. The highest BCUT2D eigenvalue weighted by Crippen LogP contribution is 2.37. The van der Waals surface area contributed by atoms with E-state index in [0.29, 0.717) is 6.04 Å². The fraction of sp³-hybridized carbons (Fsp3) is 0.818. The zero-order chi connectivity index (χ0) is 10.8. The van der Waals surface area contributed by atoms with Crippen LogP contribution in [-0.2, 0) is 0 Å². The number of nitrogens with zero attached hydrogens (tertiary/aromatic N) is 3. The third-order valence-electron chi connectivity index (χ3n) is 3.00. The lowest BCUT2D eigenvalue weighted by molar-refractivity contribution is 0.534. The number of rotatable bonds is 5. The average Bonchev–Trinajstić information content (AvgIpc) is 2.99. The Morgan fingerprint density at radius 3 is 2.80 bits per heavy atom. The Balaban J connectivity index is 2.12. The molecule has 84 valence electrons. The van der Waals surface area contributed by atoms with Crippen molar-refractivity contribution in [1.29, 1.82) is 0 Å². The number of hydrogen-bond acceptors (Lipinski definition) is 3. The third-order valence-corrected chi connectivity index (χ3v) is 3.00. The van der Waals surface area contributed by atoms with Crippen LogP contribution in [0.5, 0.6) is 0 Å². The van der Waals surface area contributed by atoms with Gasteiger partial charge in [0.25, 0.3) is 0 Å². The molecule has 0 saturated heterocycles. The molecule has 4 nitrogen and oxygen atoms in total. The van der Waals surface area contributed by atoms with Gasteiger partial charge in [-0.15, -0.1) is 10.2 Å². The number of nitrogens with two attached hydrogens (primary N) is 1. The Morgan fingerprint density at radius 1 is 1.47 bits per heavy atom. The zero-order valence-corrected chi connectivity index (χ0v) is 9.61. The van der Waals surface area contributed by atoms with Crippen molar-refractivity contribution in [2.75, 3.05) is 0 Å². The molecular formula is C11H20N4. The first-order valence-electron chi connectivity index (χ1n) is 5.91. The van der Waals surface area contributed by atoms with Gasteiger partial charge in [-0.2, -0.15) is 0 Å². The molecule has 0 bridgehead atoms. The monoisotopic (exact) mass is 208 g/mol. The minimum atomic E-state index is 0.0618. The second kappa shape index (κ2) is 4.31. The highest BCUT2D eigenvalue weighted by Gasteiger charge is 2.29. The molecule has 4 heteroatoms. The largest absolute Gasteiger partial charge is 0.321 e. The van der Waals surface area contributed by atoms with Crippen molar-refractivity contribution in [3.05, 3.63) is 11.6 Å². The standard InChI is InChI=1S/C11H20N4/c1-3-4-5-10(12)11-14-13-8(2)15(11)9-6-7-9/h9-10H,3-7,12H2,1-2H3/t10-/m0/s1. The molecule has 0 spiro atoms. The zero-order valence-electron chi connectivity index (χ0n) is 9.61. The first kappa shape index (κ1) is 10.6. The molecule has 2 N–H and O–H groups in total. The molecule has 2 rings (SSSR count). The highest BCUT2D eigenvalue weighted by molar-refractivity contribution is 5.05. The van der Waals surface area contributed by atoms with E-state index in [1.165, 1.54) is 19.3 Å². The van der Waals surface area contributed by atoms with Gasteiger partial charge in [0.1, 0.15) is 11.6 Å². The van der Waals surface area contributed by atoms with Crippen LogP contribution >= 0.6 is 0 Å². The van der Waals surface area contributed by atoms with Crippen LogP contribution in [0.4, 0.5) is 0 Å². The first-order chi connectivity index (χ1) is 7.24. The SMILES string of the molecule is CCCC[C@H](N)c1nnc(C)n1C1CC1. The van der Waals surface area contributed by atoms with E-state index in [1.807, 2.05) is 6.92 Å². The topological polar surface area (TPSA) is 56.7 Å². The van der Waals surface area contributed by atoms with Gasteiger partial charge in [0.05, 0.1) is 6.04 Å². The molecule has 1 atom stereocenters. The van der Waals surface area contributed by atoms with Crippen LogP contribution < -0.4 is 5.73 Å². The van der Waals surface area contributed by atoms with Gasteiger partial charge in [0.15, 0.2) is 0 Å². The minimum absolute atomic E-state index is 0.0618. The van der Waals surface area contributed by atoms with Gasteiger partial charge in [-0.05, 0) is 26.2 Å². The summed E-state index contributed by atoms with van der Waals surface area (Å²) in [6.07, 6.45) is 5.88. The summed E-state index contributed by atoms with van der Waals surface area (Å²) in [6, 6.07) is 0.689. The van der Waals surface area contributed by atoms with E-state index >= 15 is 0 Å². The maximum absolute atomic E-state index is 6.14. The van der Waals surface area contributed by atoms with E-state index in [-0.39, 0.29) is 6.04 Å². The summed E-state index contributed by atoms with van der Waals surface area (Å²) in [5.41, 5.74) is 6.14. The van der Waals surface area contributed by atoms with E-state index in [9.17, 15) is 0 Å². The molecule has 1 saturated carbocycles. The molecule has 1 aromatic heterocycles. The van der Waals surface area contributed by atoms with Crippen LogP contribution in [0.15, 0.2) is 0 Å². The molecule has 0 amide bonds. The molecule has 0 radical (unpaired) electrons. The van der Waals surface area contributed by atoms with Crippen LogP contribution in [-0.4, -0.2) is 14.8 Å². The van der Waals surface area contributed by atoms with Gasteiger partial charge in [-0.25, -0.2) is 0 Å². The molecule has 1 aliphatic rings. The molecule has 0 aromatic carbocycles. The van der Waals surface area contributed by atoms with E-state index in [2.05, 4.69) is 21.7 Å². The maximum atomic E-state index is 6.14. The van der Waals surface area contributed by atoms with Crippen LogP contribution in [0.2, 0.25) is 0 Å². The van der Waals surface area contributed by atoms with Crippen molar-refractivity contribution in [2.24, 2.45) is 5.73 Å². The predicted molar refractivity (Wildman–Crippen MR) is 59.5 cm³/mol. The first-order valence-corrected chi connectivity index (χ1v) is 5.91. The minimum Gasteiger partial charge on any atom is -0.321 e. The molecule has 1 aromatic rings. The summed E-state index contributed by atoms with van der Waals surface area (Å²) in [4.78, 5) is 0. The molecular weight excluding hydrogens is 188 g/mol.